The first-order valence-electron chi connectivity index (χ1n) is 11.4. The minimum Gasteiger partial charge on any atom is -0.490 e. The molecular formula is C24H24FN7O4. The molecule has 186 valence electrons. The summed E-state index contributed by atoms with van der Waals surface area (Å²) in [6.07, 6.45) is 1.29. The lowest BCUT2D eigenvalue weighted by Crippen LogP contribution is -2.38. The molecule has 0 spiro atoms. The summed E-state index contributed by atoms with van der Waals surface area (Å²) in [5.74, 6) is -1.64. The number of H-pyrrole nitrogens is 1. The number of aromatic amines is 1. The number of para-hydroxylation sites is 2. The van der Waals surface area contributed by atoms with Gasteiger partial charge in [0.2, 0.25) is 5.95 Å². The second-order valence-corrected chi connectivity index (χ2v) is 8.15. The van der Waals surface area contributed by atoms with Crippen LogP contribution in [0.2, 0.25) is 0 Å². The van der Waals surface area contributed by atoms with Gasteiger partial charge in [-0.05, 0) is 24.3 Å². The molecule has 5 rings (SSSR count). The van der Waals surface area contributed by atoms with Crippen molar-refractivity contribution in [3.05, 3.63) is 66.0 Å². The van der Waals surface area contributed by atoms with Crippen molar-refractivity contribution in [2.45, 2.75) is 0 Å². The summed E-state index contributed by atoms with van der Waals surface area (Å²) in [5, 5.41) is 2.69. The maximum atomic E-state index is 14.0. The predicted molar refractivity (Wildman–Crippen MR) is 129 cm³/mol. The van der Waals surface area contributed by atoms with Crippen LogP contribution in [-0.2, 0) is 4.74 Å². The minimum absolute atomic E-state index is 0.120. The fourth-order valence-electron chi connectivity index (χ4n) is 3.97. The monoisotopic (exact) mass is 493 g/mol. The highest BCUT2D eigenvalue weighted by molar-refractivity contribution is 6.10. The second kappa shape index (κ2) is 10.1. The summed E-state index contributed by atoms with van der Waals surface area (Å²) in [4.78, 5) is 39.2. The Kier molecular flexibility index (Phi) is 6.60. The SMILES string of the molecule is NC(=O)c1ncn(-c2nc3ccccc3[nH]2)c1C(=O)Nc1ccc(F)cc1OCCN1CCOCC1. The number of morpholine rings is 1. The molecule has 0 saturated carbocycles. The molecule has 0 aliphatic carbocycles. The molecule has 0 radical (unpaired) electrons. The summed E-state index contributed by atoms with van der Waals surface area (Å²) in [7, 11) is 0. The van der Waals surface area contributed by atoms with Crippen LogP contribution < -0.4 is 15.8 Å². The molecule has 0 unspecified atom stereocenters. The van der Waals surface area contributed by atoms with Crippen molar-refractivity contribution in [1.82, 2.24) is 24.4 Å². The Labute approximate surface area is 205 Å². The molecule has 2 amide bonds. The molecule has 0 bridgehead atoms. The lowest BCUT2D eigenvalue weighted by atomic mass is 10.2. The maximum Gasteiger partial charge on any atom is 0.275 e. The number of carbonyl (C=O) groups is 2. The number of aromatic nitrogens is 4. The number of fused-ring (bicyclic) bond motifs is 1. The number of nitrogens with zero attached hydrogens (tertiary/aromatic N) is 4. The summed E-state index contributed by atoms with van der Waals surface area (Å²) in [6, 6.07) is 11.1. The molecule has 2 aromatic carbocycles. The quantitative estimate of drug-likeness (QED) is 0.341. The van der Waals surface area contributed by atoms with Crippen molar-refractivity contribution in [1.29, 1.82) is 0 Å². The van der Waals surface area contributed by atoms with Gasteiger partial charge in [0.15, 0.2) is 5.69 Å². The van der Waals surface area contributed by atoms with E-state index in [1.807, 2.05) is 18.2 Å². The standard InChI is InChI=1S/C24H24FN7O4/c25-15-5-6-18(19(13-15)36-12-9-31-7-10-35-11-8-31)28-23(34)21-20(22(26)33)27-14-32(21)24-29-16-3-1-2-4-17(16)30-24/h1-6,13-14H,7-12H2,(H2,26,33)(H,28,34)(H,29,30). The summed E-state index contributed by atoms with van der Waals surface area (Å²) >= 11 is 0. The van der Waals surface area contributed by atoms with Crippen LogP contribution in [0.4, 0.5) is 10.1 Å². The highest BCUT2D eigenvalue weighted by Gasteiger charge is 2.25. The smallest absolute Gasteiger partial charge is 0.275 e. The Morgan fingerprint density at radius 2 is 2.00 bits per heavy atom. The number of hydrogen-bond acceptors (Lipinski definition) is 7. The second-order valence-electron chi connectivity index (χ2n) is 8.15. The zero-order valence-corrected chi connectivity index (χ0v) is 19.2. The number of ether oxygens (including phenoxy) is 2. The van der Waals surface area contributed by atoms with Crippen molar-refractivity contribution >= 4 is 28.5 Å². The van der Waals surface area contributed by atoms with E-state index in [9.17, 15) is 14.0 Å². The van der Waals surface area contributed by atoms with Gasteiger partial charge in [0, 0.05) is 25.7 Å². The van der Waals surface area contributed by atoms with E-state index in [0.717, 1.165) is 18.6 Å². The van der Waals surface area contributed by atoms with E-state index in [2.05, 4.69) is 25.2 Å². The maximum absolute atomic E-state index is 14.0. The van der Waals surface area contributed by atoms with Crippen molar-refractivity contribution in [2.24, 2.45) is 5.73 Å². The zero-order chi connectivity index (χ0) is 25.1. The zero-order valence-electron chi connectivity index (χ0n) is 19.2. The largest absolute Gasteiger partial charge is 0.490 e. The van der Waals surface area contributed by atoms with E-state index in [1.165, 1.54) is 29.1 Å². The molecule has 3 heterocycles. The van der Waals surface area contributed by atoms with E-state index in [1.54, 1.807) is 6.07 Å². The first-order valence-corrected chi connectivity index (χ1v) is 11.4. The van der Waals surface area contributed by atoms with E-state index in [0.29, 0.717) is 25.3 Å². The van der Waals surface area contributed by atoms with Gasteiger partial charge in [-0.25, -0.2) is 14.4 Å². The molecule has 2 aromatic heterocycles. The first kappa shape index (κ1) is 23.5. The lowest BCUT2D eigenvalue weighted by molar-refractivity contribution is 0.0322. The Morgan fingerprint density at radius 3 is 2.78 bits per heavy atom. The fraction of sp³-hybridized carbons (Fsp3) is 0.250. The third-order valence-corrected chi connectivity index (χ3v) is 5.78. The molecule has 1 fully saturated rings. The number of hydrogen-bond donors (Lipinski definition) is 3. The number of amides is 2. The fourth-order valence-corrected chi connectivity index (χ4v) is 3.97. The minimum atomic E-state index is -0.879. The number of halogens is 1. The predicted octanol–water partition coefficient (Wildman–Crippen LogP) is 1.95. The number of primary amides is 1. The molecule has 11 nitrogen and oxygen atoms in total. The molecule has 0 atom stereocenters. The normalized spacial score (nSPS) is 14.1. The third kappa shape index (κ3) is 4.90. The average molecular weight is 493 g/mol. The van der Waals surface area contributed by atoms with E-state index in [-0.39, 0.29) is 35.4 Å². The number of carbonyl (C=O) groups excluding carboxylic acids is 2. The highest BCUT2D eigenvalue weighted by Crippen LogP contribution is 2.27. The van der Waals surface area contributed by atoms with Crippen molar-refractivity contribution in [2.75, 3.05) is 44.8 Å². The summed E-state index contributed by atoms with van der Waals surface area (Å²) < 4.78 is 26.5. The van der Waals surface area contributed by atoms with Gasteiger partial charge in [-0.3, -0.25) is 19.1 Å². The Hall–Kier alpha value is -4.29. The Balaban J connectivity index is 1.40. The topological polar surface area (TPSA) is 140 Å². The number of imidazole rings is 2. The van der Waals surface area contributed by atoms with Crippen molar-refractivity contribution in [3.8, 4) is 11.7 Å². The van der Waals surface area contributed by atoms with Crippen molar-refractivity contribution < 1.29 is 23.5 Å². The van der Waals surface area contributed by atoms with E-state index in [4.69, 9.17) is 15.2 Å². The molecule has 4 N–H and O–H groups in total. The van der Waals surface area contributed by atoms with Crippen LogP contribution in [0.5, 0.6) is 5.75 Å². The van der Waals surface area contributed by atoms with Crippen LogP contribution in [0.25, 0.3) is 17.0 Å². The molecular weight excluding hydrogens is 469 g/mol. The molecule has 1 saturated heterocycles. The van der Waals surface area contributed by atoms with Crippen molar-refractivity contribution in [3.63, 3.8) is 0 Å². The Bertz CT molecular complexity index is 1380. The number of rotatable bonds is 8. The summed E-state index contributed by atoms with van der Waals surface area (Å²) in [6.45, 7) is 3.80. The van der Waals surface area contributed by atoms with Gasteiger partial charge in [-0.2, -0.15) is 0 Å². The molecule has 12 heteroatoms. The molecule has 1 aliphatic heterocycles. The van der Waals surface area contributed by atoms with Gasteiger partial charge in [0.1, 0.15) is 30.2 Å². The van der Waals surface area contributed by atoms with Gasteiger partial charge in [0.25, 0.3) is 11.8 Å². The molecule has 36 heavy (non-hydrogen) atoms. The van der Waals surface area contributed by atoms with Crippen LogP contribution in [0.15, 0.2) is 48.8 Å². The molecule has 4 aromatic rings. The summed E-state index contributed by atoms with van der Waals surface area (Å²) in [5.41, 5.74) is 6.77. The van der Waals surface area contributed by atoms with Crippen LogP contribution in [-0.4, -0.2) is 75.7 Å². The van der Waals surface area contributed by atoms with E-state index < -0.39 is 17.6 Å². The van der Waals surface area contributed by atoms with Crippen LogP contribution in [0.3, 0.4) is 0 Å². The van der Waals surface area contributed by atoms with Gasteiger partial charge in [0.05, 0.1) is 29.9 Å². The molecule has 1 aliphatic rings. The Morgan fingerprint density at radius 1 is 1.19 bits per heavy atom. The third-order valence-electron chi connectivity index (χ3n) is 5.78. The van der Waals surface area contributed by atoms with Gasteiger partial charge < -0.3 is 25.5 Å². The van der Waals surface area contributed by atoms with Crippen LogP contribution in [0.1, 0.15) is 21.0 Å². The number of nitrogens with two attached hydrogens (primary N) is 1. The average Bonchev–Trinajstić information content (AvgIpc) is 3.51. The number of benzene rings is 2. The van der Waals surface area contributed by atoms with E-state index >= 15 is 0 Å². The van der Waals surface area contributed by atoms with Gasteiger partial charge in [-0.1, -0.05) is 12.1 Å². The first-order chi connectivity index (χ1) is 17.5. The number of anilines is 1. The lowest BCUT2D eigenvalue weighted by Gasteiger charge is -2.26. The van der Waals surface area contributed by atoms with Gasteiger partial charge in [-0.15, -0.1) is 0 Å². The van der Waals surface area contributed by atoms with Crippen LogP contribution in [0, 0.1) is 5.82 Å². The van der Waals surface area contributed by atoms with Crippen LogP contribution >= 0.6 is 0 Å². The highest BCUT2D eigenvalue weighted by atomic mass is 19.1. The van der Waals surface area contributed by atoms with Gasteiger partial charge >= 0.3 is 0 Å². The number of nitrogens with one attached hydrogen (secondary N) is 2.